The van der Waals surface area contributed by atoms with E-state index in [1.807, 2.05) is 0 Å². The Morgan fingerprint density at radius 1 is 1.33 bits per heavy atom. The fourth-order valence-electron chi connectivity index (χ4n) is 2.95. The molecule has 6 nitrogen and oxygen atoms in total. The minimum atomic E-state index is -0.452. The molecule has 0 bridgehead atoms. The Morgan fingerprint density at radius 3 is 2.76 bits per heavy atom. The van der Waals surface area contributed by atoms with Crippen LogP contribution in [0.5, 0.6) is 0 Å². The average Bonchev–Trinajstić information content (AvgIpc) is 2.48. The van der Waals surface area contributed by atoms with Gasteiger partial charge in [-0.05, 0) is 25.3 Å². The first kappa shape index (κ1) is 15.4. The van der Waals surface area contributed by atoms with Gasteiger partial charge in [-0.1, -0.05) is 31.0 Å². The number of nitrogens with zero attached hydrogens (tertiary/aromatic N) is 1. The van der Waals surface area contributed by atoms with Crippen molar-refractivity contribution in [3.05, 3.63) is 39.9 Å². The molecule has 0 saturated heterocycles. The van der Waals surface area contributed by atoms with E-state index in [9.17, 15) is 14.9 Å². The van der Waals surface area contributed by atoms with Gasteiger partial charge in [0.05, 0.1) is 11.3 Å². The summed E-state index contributed by atoms with van der Waals surface area (Å²) in [6.45, 7) is 0.566. The van der Waals surface area contributed by atoms with Crippen LogP contribution in [0.1, 0.15) is 31.2 Å². The lowest BCUT2D eigenvalue weighted by molar-refractivity contribution is -0.385. The van der Waals surface area contributed by atoms with Gasteiger partial charge in [0, 0.05) is 17.7 Å². The monoisotopic (exact) mass is 291 g/mol. The van der Waals surface area contributed by atoms with E-state index in [4.69, 9.17) is 5.73 Å². The number of nitrogens with one attached hydrogen (secondary N) is 1. The molecule has 114 valence electrons. The molecule has 1 aliphatic carbocycles. The molecule has 0 heterocycles. The lowest BCUT2D eigenvalue weighted by Gasteiger charge is -2.31. The summed E-state index contributed by atoms with van der Waals surface area (Å²) in [7, 11) is 0. The molecule has 0 radical (unpaired) electrons. The number of benzene rings is 1. The molecule has 2 unspecified atom stereocenters. The number of hydrogen-bond acceptors (Lipinski definition) is 4. The Kier molecular flexibility index (Phi) is 5.27. The summed E-state index contributed by atoms with van der Waals surface area (Å²) in [4.78, 5) is 22.6. The van der Waals surface area contributed by atoms with Crippen LogP contribution in [0.25, 0.3) is 0 Å². The van der Waals surface area contributed by atoms with E-state index in [1.165, 1.54) is 6.07 Å². The number of carbonyl (C=O) groups excluding carboxylic acids is 1. The van der Waals surface area contributed by atoms with Crippen molar-refractivity contribution >= 4 is 11.6 Å². The lowest BCUT2D eigenvalue weighted by Crippen LogP contribution is -2.45. The summed E-state index contributed by atoms with van der Waals surface area (Å²) in [5.41, 5.74) is 6.18. The molecule has 1 aromatic carbocycles. The Balaban J connectivity index is 2.00. The van der Waals surface area contributed by atoms with Crippen molar-refractivity contribution in [1.82, 2.24) is 5.32 Å². The molecule has 0 aliphatic heterocycles. The Morgan fingerprint density at radius 2 is 2.05 bits per heavy atom. The third-order valence-corrected chi connectivity index (χ3v) is 4.10. The third-order valence-electron chi connectivity index (χ3n) is 4.10. The highest BCUT2D eigenvalue weighted by Gasteiger charge is 2.26. The van der Waals surface area contributed by atoms with Crippen molar-refractivity contribution in [2.24, 2.45) is 11.7 Å². The van der Waals surface area contributed by atoms with Crippen LogP contribution in [-0.2, 0) is 11.2 Å². The molecule has 0 aromatic heterocycles. The zero-order valence-electron chi connectivity index (χ0n) is 12.0. The highest BCUT2D eigenvalue weighted by atomic mass is 16.6. The van der Waals surface area contributed by atoms with E-state index in [0.717, 1.165) is 25.7 Å². The molecule has 1 aliphatic rings. The zero-order valence-corrected chi connectivity index (χ0v) is 12.0. The summed E-state index contributed by atoms with van der Waals surface area (Å²) in [6.07, 6.45) is 4.24. The molecular weight excluding hydrogens is 270 g/mol. The summed E-state index contributed by atoms with van der Waals surface area (Å²) >= 11 is 0. The van der Waals surface area contributed by atoms with Crippen LogP contribution in [-0.4, -0.2) is 23.4 Å². The molecule has 2 rings (SSSR count). The first-order valence-electron chi connectivity index (χ1n) is 7.33. The van der Waals surface area contributed by atoms with Gasteiger partial charge in [-0.15, -0.1) is 0 Å². The molecule has 2 atom stereocenters. The number of nitro benzene ring substituents is 1. The van der Waals surface area contributed by atoms with Crippen LogP contribution in [0, 0.1) is 16.0 Å². The molecule has 0 spiro atoms. The van der Waals surface area contributed by atoms with Crippen LogP contribution in [0.15, 0.2) is 24.3 Å². The van der Waals surface area contributed by atoms with Gasteiger partial charge in [0.15, 0.2) is 0 Å². The van der Waals surface area contributed by atoms with Crippen molar-refractivity contribution in [2.75, 3.05) is 6.54 Å². The minimum absolute atomic E-state index is 0.00771. The van der Waals surface area contributed by atoms with Gasteiger partial charge in [-0.2, -0.15) is 0 Å². The topological polar surface area (TPSA) is 98.3 Å². The van der Waals surface area contributed by atoms with Crippen LogP contribution >= 0.6 is 0 Å². The van der Waals surface area contributed by atoms with Crippen LogP contribution in [0.2, 0.25) is 0 Å². The second-order valence-corrected chi connectivity index (χ2v) is 5.52. The summed E-state index contributed by atoms with van der Waals surface area (Å²) in [6, 6.07) is 6.45. The zero-order chi connectivity index (χ0) is 15.2. The fourth-order valence-corrected chi connectivity index (χ4v) is 2.95. The van der Waals surface area contributed by atoms with Gasteiger partial charge in [-0.3, -0.25) is 14.9 Å². The van der Waals surface area contributed by atoms with Crippen molar-refractivity contribution in [3.8, 4) is 0 Å². The van der Waals surface area contributed by atoms with Crippen molar-refractivity contribution in [3.63, 3.8) is 0 Å². The number of carbonyl (C=O) groups is 1. The van der Waals surface area contributed by atoms with Crippen molar-refractivity contribution in [1.29, 1.82) is 0 Å². The van der Waals surface area contributed by atoms with E-state index in [1.54, 1.807) is 18.2 Å². The minimum Gasteiger partial charge on any atom is -0.353 e. The summed E-state index contributed by atoms with van der Waals surface area (Å²) in [5.74, 6) is 0.142. The second kappa shape index (κ2) is 7.17. The largest absolute Gasteiger partial charge is 0.353 e. The highest BCUT2D eigenvalue weighted by molar-refractivity contribution is 5.80. The van der Waals surface area contributed by atoms with Crippen LogP contribution in [0.4, 0.5) is 5.69 Å². The normalized spacial score (nSPS) is 21.8. The number of para-hydroxylation sites is 1. The van der Waals surface area contributed by atoms with Crippen molar-refractivity contribution < 1.29 is 9.72 Å². The van der Waals surface area contributed by atoms with E-state index >= 15 is 0 Å². The quantitative estimate of drug-likeness (QED) is 0.638. The van der Waals surface area contributed by atoms with Gasteiger partial charge in [0.25, 0.3) is 5.69 Å². The third kappa shape index (κ3) is 4.01. The molecule has 1 aromatic rings. The second-order valence-electron chi connectivity index (χ2n) is 5.52. The molecular formula is C15H21N3O3. The fraction of sp³-hybridized carbons (Fsp3) is 0.533. The predicted octanol–water partition coefficient (Wildman–Crippen LogP) is 1.77. The van der Waals surface area contributed by atoms with E-state index in [-0.39, 0.29) is 24.1 Å². The highest BCUT2D eigenvalue weighted by Crippen LogP contribution is 2.24. The van der Waals surface area contributed by atoms with Gasteiger partial charge in [-0.25, -0.2) is 0 Å². The Hall–Kier alpha value is -1.95. The Labute approximate surface area is 123 Å². The molecule has 6 heteroatoms. The summed E-state index contributed by atoms with van der Waals surface area (Å²) < 4.78 is 0. The van der Waals surface area contributed by atoms with Gasteiger partial charge >= 0.3 is 0 Å². The van der Waals surface area contributed by atoms with Gasteiger partial charge in [0.2, 0.25) is 5.91 Å². The maximum Gasteiger partial charge on any atom is 0.273 e. The van der Waals surface area contributed by atoms with E-state index < -0.39 is 4.92 Å². The maximum absolute atomic E-state index is 12.1. The standard InChI is InChI=1S/C15H21N3O3/c16-10-12-6-1-3-7-13(12)17-15(19)9-11-5-2-4-8-14(11)18(20)21/h2,4-5,8,12-13H,1,3,6-7,9-10,16H2,(H,17,19). The first-order chi connectivity index (χ1) is 10.1. The number of nitro groups is 1. The lowest BCUT2D eigenvalue weighted by atomic mass is 9.84. The summed E-state index contributed by atoms with van der Waals surface area (Å²) in [5, 5.41) is 13.9. The van der Waals surface area contributed by atoms with Crippen LogP contribution < -0.4 is 11.1 Å². The van der Waals surface area contributed by atoms with E-state index in [2.05, 4.69) is 5.32 Å². The number of amides is 1. The molecule has 1 saturated carbocycles. The number of rotatable bonds is 5. The van der Waals surface area contributed by atoms with Crippen LogP contribution in [0.3, 0.4) is 0 Å². The first-order valence-corrected chi connectivity index (χ1v) is 7.33. The molecule has 21 heavy (non-hydrogen) atoms. The average molecular weight is 291 g/mol. The maximum atomic E-state index is 12.1. The van der Waals surface area contributed by atoms with Crippen molar-refractivity contribution in [2.45, 2.75) is 38.1 Å². The number of hydrogen-bond donors (Lipinski definition) is 2. The Bertz CT molecular complexity index is 519. The number of nitrogens with two attached hydrogens (primary N) is 1. The molecule has 1 amide bonds. The molecule has 3 N–H and O–H groups in total. The smallest absolute Gasteiger partial charge is 0.273 e. The van der Waals surface area contributed by atoms with Gasteiger partial charge < -0.3 is 11.1 Å². The van der Waals surface area contributed by atoms with Gasteiger partial charge in [0.1, 0.15) is 0 Å². The molecule has 1 fully saturated rings. The SMILES string of the molecule is NCC1CCCCC1NC(=O)Cc1ccccc1[N+](=O)[O-]. The van der Waals surface area contributed by atoms with E-state index in [0.29, 0.717) is 18.0 Å². The predicted molar refractivity (Wildman–Crippen MR) is 79.7 cm³/mol.